The van der Waals surface area contributed by atoms with Crippen LogP contribution in [-0.4, -0.2) is 62.4 Å². The molecule has 1 aliphatic rings. The molecule has 0 aromatic carbocycles. The first-order valence-corrected chi connectivity index (χ1v) is 8.59. The quantitative estimate of drug-likeness (QED) is 0.727. The van der Waals surface area contributed by atoms with Crippen LogP contribution < -0.4 is 10.1 Å². The molecule has 0 saturated carbocycles. The normalized spacial score (nSPS) is 22.8. The highest BCUT2D eigenvalue weighted by Gasteiger charge is 2.35. The molecule has 2 aromatic heterocycles. The van der Waals surface area contributed by atoms with Crippen LogP contribution in [0.5, 0.6) is 5.88 Å². The standard InChI is InChI=1S/C17H24N4O6/c1-17(2,3)27-16(24)20-15-18-13-9(14(19-15)25-4)5-6-21(13)12-7-10(23)11(8-22)26-12/h5-6,10-12,22-23H,7-8H2,1-4H3,(H,18,19,20,24)/t10?,11-,12-/m1/s1. The molecule has 148 valence electrons. The van der Waals surface area contributed by atoms with Gasteiger partial charge < -0.3 is 29.0 Å². The van der Waals surface area contributed by atoms with Gasteiger partial charge >= 0.3 is 6.09 Å². The fraction of sp³-hybridized carbons (Fsp3) is 0.588. The van der Waals surface area contributed by atoms with Crippen molar-refractivity contribution in [3.63, 3.8) is 0 Å². The molecule has 3 N–H and O–H groups in total. The largest absolute Gasteiger partial charge is 0.480 e. The van der Waals surface area contributed by atoms with Crippen molar-refractivity contribution in [3.8, 4) is 5.88 Å². The van der Waals surface area contributed by atoms with Crippen molar-refractivity contribution in [3.05, 3.63) is 12.3 Å². The molecular formula is C17H24N4O6. The second-order valence-electron chi connectivity index (χ2n) is 7.26. The van der Waals surface area contributed by atoms with Crippen LogP contribution in [0.15, 0.2) is 12.3 Å². The predicted octanol–water partition coefficient (Wildman–Crippen LogP) is 1.43. The molecule has 1 amide bonds. The van der Waals surface area contributed by atoms with Crippen LogP contribution >= 0.6 is 0 Å². The third-order valence-corrected chi connectivity index (χ3v) is 4.04. The van der Waals surface area contributed by atoms with E-state index in [1.54, 1.807) is 37.6 Å². The molecule has 27 heavy (non-hydrogen) atoms. The van der Waals surface area contributed by atoms with Gasteiger partial charge in [-0.2, -0.15) is 9.97 Å². The van der Waals surface area contributed by atoms with Crippen LogP contribution in [0.1, 0.15) is 33.4 Å². The Kier molecular flexibility index (Phi) is 5.22. The third-order valence-electron chi connectivity index (χ3n) is 4.04. The number of nitrogens with one attached hydrogen (secondary N) is 1. The Balaban J connectivity index is 1.93. The molecule has 1 unspecified atom stereocenters. The van der Waals surface area contributed by atoms with Crippen molar-refractivity contribution >= 4 is 23.1 Å². The first kappa shape index (κ1) is 19.3. The molecule has 0 bridgehead atoms. The summed E-state index contributed by atoms with van der Waals surface area (Å²) in [5.74, 6) is 0.299. The number of carbonyl (C=O) groups is 1. The van der Waals surface area contributed by atoms with Gasteiger partial charge in [0.2, 0.25) is 11.8 Å². The summed E-state index contributed by atoms with van der Waals surface area (Å²) in [4.78, 5) is 20.6. The van der Waals surface area contributed by atoms with Crippen LogP contribution in [0, 0.1) is 0 Å². The number of aliphatic hydroxyl groups is 2. The van der Waals surface area contributed by atoms with E-state index in [0.717, 1.165) is 0 Å². The lowest BCUT2D eigenvalue weighted by Crippen LogP contribution is -2.28. The number of aliphatic hydroxyl groups excluding tert-OH is 2. The minimum Gasteiger partial charge on any atom is -0.480 e. The average molecular weight is 380 g/mol. The fourth-order valence-electron chi connectivity index (χ4n) is 2.89. The average Bonchev–Trinajstić information content (AvgIpc) is 3.15. The summed E-state index contributed by atoms with van der Waals surface area (Å²) >= 11 is 0. The minimum atomic E-state index is -0.777. The summed E-state index contributed by atoms with van der Waals surface area (Å²) in [5.41, 5.74) is -0.199. The van der Waals surface area contributed by atoms with Gasteiger partial charge in [-0.05, 0) is 26.8 Å². The summed E-state index contributed by atoms with van der Waals surface area (Å²) in [5, 5.41) is 22.4. The van der Waals surface area contributed by atoms with E-state index >= 15 is 0 Å². The number of anilines is 1. The first-order valence-electron chi connectivity index (χ1n) is 8.59. The summed E-state index contributed by atoms with van der Waals surface area (Å²) in [6.45, 7) is 4.98. The second kappa shape index (κ2) is 7.29. The van der Waals surface area contributed by atoms with E-state index in [1.807, 2.05) is 0 Å². The van der Waals surface area contributed by atoms with Crippen molar-refractivity contribution in [2.75, 3.05) is 19.0 Å². The maximum absolute atomic E-state index is 12.0. The highest BCUT2D eigenvalue weighted by atomic mass is 16.6. The molecule has 10 nitrogen and oxygen atoms in total. The van der Waals surface area contributed by atoms with Gasteiger partial charge in [0, 0.05) is 12.6 Å². The number of rotatable bonds is 4. The van der Waals surface area contributed by atoms with Crippen molar-refractivity contribution in [1.29, 1.82) is 0 Å². The van der Waals surface area contributed by atoms with Crippen LogP contribution in [0.4, 0.5) is 10.7 Å². The Morgan fingerprint density at radius 2 is 2.19 bits per heavy atom. The smallest absolute Gasteiger partial charge is 0.414 e. The molecule has 0 spiro atoms. The van der Waals surface area contributed by atoms with Crippen molar-refractivity contribution in [2.24, 2.45) is 0 Å². The molecule has 3 heterocycles. The minimum absolute atomic E-state index is 0.0193. The summed E-state index contributed by atoms with van der Waals surface area (Å²) in [6, 6.07) is 1.76. The van der Waals surface area contributed by atoms with E-state index in [-0.39, 0.29) is 18.4 Å². The van der Waals surface area contributed by atoms with Crippen LogP contribution in [0.3, 0.4) is 0 Å². The van der Waals surface area contributed by atoms with Gasteiger partial charge in [-0.15, -0.1) is 0 Å². The summed E-state index contributed by atoms with van der Waals surface area (Å²) < 4.78 is 17.9. The topological polar surface area (TPSA) is 128 Å². The van der Waals surface area contributed by atoms with Gasteiger partial charge in [0.15, 0.2) is 5.65 Å². The lowest BCUT2D eigenvalue weighted by atomic mass is 10.2. The Labute approximate surface area is 156 Å². The zero-order chi connectivity index (χ0) is 19.8. The van der Waals surface area contributed by atoms with Gasteiger partial charge in [0.25, 0.3) is 0 Å². The molecule has 3 atom stereocenters. The van der Waals surface area contributed by atoms with E-state index in [0.29, 0.717) is 17.5 Å². The highest BCUT2D eigenvalue weighted by Crippen LogP contribution is 2.33. The van der Waals surface area contributed by atoms with Gasteiger partial charge in [-0.1, -0.05) is 0 Å². The van der Waals surface area contributed by atoms with E-state index in [4.69, 9.17) is 14.2 Å². The molecule has 0 aliphatic carbocycles. The van der Waals surface area contributed by atoms with E-state index < -0.39 is 30.1 Å². The highest BCUT2D eigenvalue weighted by molar-refractivity contribution is 5.87. The lowest BCUT2D eigenvalue weighted by Gasteiger charge is -2.19. The van der Waals surface area contributed by atoms with Crippen LogP contribution in [0.25, 0.3) is 11.0 Å². The summed E-state index contributed by atoms with van der Waals surface area (Å²) in [6.07, 6.45) is -0.596. The molecule has 2 aromatic rings. The maximum Gasteiger partial charge on any atom is 0.414 e. The van der Waals surface area contributed by atoms with Gasteiger partial charge in [0.05, 0.1) is 25.2 Å². The number of ether oxygens (including phenoxy) is 3. The maximum atomic E-state index is 12.0. The van der Waals surface area contributed by atoms with Crippen molar-refractivity contribution in [2.45, 2.75) is 51.2 Å². The zero-order valence-corrected chi connectivity index (χ0v) is 15.7. The Hall–Kier alpha value is -2.43. The number of carbonyl (C=O) groups excluding carboxylic acids is 1. The van der Waals surface area contributed by atoms with Crippen molar-refractivity contribution in [1.82, 2.24) is 14.5 Å². The monoisotopic (exact) mass is 380 g/mol. The third kappa shape index (κ3) is 4.12. The van der Waals surface area contributed by atoms with Gasteiger partial charge in [-0.3, -0.25) is 5.32 Å². The van der Waals surface area contributed by atoms with E-state index in [9.17, 15) is 15.0 Å². The molecule has 1 saturated heterocycles. The molecular weight excluding hydrogens is 356 g/mol. The lowest BCUT2D eigenvalue weighted by molar-refractivity contribution is -0.0430. The van der Waals surface area contributed by atoms with Crippen LogP contribution in [0.2, 0.25) is 0 Å². The molecule has 1 aliphatic heterocycles. The molecule has 0 radical (unpaired) electrons. The Morgan fingerprint density at radius 3 is 2.78 bits per heavy atom. The fourth-order valence-corrected chi connectivity index (χ4v) is 2.89. The molecule has 3 rings (SSSR count). The number of methoxy groups -OCH3 is 1. The molecule has 1 fully saturated rings. The van der Waals surface area contributed by atoms with Crippen molar-refractivity contribution < 1.29 is 29.2 Å². The number of hydrogen-bond donors (Lipinski definition) is 3. The van der Waals surface area contributed by atoms with E-state index in [1.165, 1.54) is 7.11 Å². The van der Waals surface area contributed by atoms with E-state index in [2.05, 4.69) is 15.3 Å². The Morgan fingerprint density at radius 1 is 1.44 bits per heavy atom. The number of hydrogen-bond acceptors (Lipinski definition) is 8. The number of aromatic nitrogens is 3. The molecule has 10 heteroatoms. The Bertz CT molecular complexity index is 831. The van der Waals surface area contributed by atoms with Gasteiger partial charge in [0.1, 0.15) is 17.9 Å². The SMILES string of the molecule is COc1nc(NC(=O)OC(C)(C)C)nc2c1ccn2[C@H]1CC(O)[C@@H](CO)O1. The summed E-state index contributed by atoms with van der Waals surface area (Å²) in [7, 11) is 1.47. The predicted molar refractivity (Wildman–Crippen MR) is 95.6 cm³/mol. The number of fused-ring (bicyclic) bond motifs is 1. The van der Waals surface area contributed by atoms with Crippen LogP contribution in [-0.2, 0) is 9.47 Å². The number of nitrogens with zero attached hydrogens (tertiary/aromatic N) is 3. The number of amides is 1. The second-order valence-corrected chi connectivity index (χ2v) is 7.26. The first-order chi connectivity index (χ1) is 12.7. The van der Waals surface area contributed by atoms with Gasteiger partial charge in [-0.25, -0.2) is 4.79 Å². The zero-order valence-electron chi connectivity index (χ0n) is 15.7.